The number of rotatable bonds is 5. The third-order valence-electron chi connectivity index (χ3n) is 3.07. The Labute approximate surface area is 123 Å². The fourth-order valence-electron chi connectivity index (χ4n) is 1.97. The zero-order valence-corrected chi connectivity index (χ0v) is 11.7. The molecule has 5 heteroatoms. The highest BCUT2D eigenvalue weighted by atomic mass is 16.3. The Morgan fingerprint density at radius 2 is 1.86 bits per heavy atom. The van der Waals surface area contributed by atoms with Gasteiger partial charge in [0.2, 0.25) is 0 Å². The number of aromatic nitrogens is 2. The maximum absolute atomic E-state index is 5.06. The number of hydrogen-bond acceptors (Lipinski definition) is 5. The maximum atomic E-state index is 5.06. The average Bonchev–Trinajstić information content (AvgIpc) is 3.07. The van der Waals surface area contributed by atoms with E-state index in [-0.39, 0.29) is 0 Å². The van der Waals surface area contributed by atoms with E-state index in [9.17, 15) is 0 Å². The third-order valence-corrected chi connectivity index (χ3v) is 3.07. The highest BCUT2D eigenvalue weighted by Gasteiger charge is 2.06. The second kappa shape index (κ2) is 6.09. The van der Waals surface area contributed by atoms with Crippen LogP contribution in [0.2, 0.25) is 0 Å². The molecular weight excluding hydrogens is 264 g/mol. The molecule has 0 bridgehead atoms. The van der Waals surface area contributed by atoms with Gasteiger partial charge in [-0.2, -0.15) is 0 Å². The second-order valence-electron chi connectivity index (χ2n) is 4.56. The summed E-state index contributed by atoms with van der Waals surface area (Å²) in [5.41, 5.74) is 2.06. The SMILES string of the molecule is CNc1cc(NCc2ccoc2)nc(-c2ccccc2)n1. The monoisotopic (exact) mass is 280 g/mol. The molecule has 0 fully saturated rings. The number of nitrogens with zero attached hydrogens (tertiary/aromatic N) is 2. The fourth-order valence-corrected chi connectivity index (χ4v) is 1.97. The Balaban J connectivity index is 1.86. The molecule has 106 valence electrons. The molecule has 2 aromatic heterocycles. The van der Waals surface area contributed by atoms with E-state index in [0.29, 0.717) is 12.4 Å². The van der Waals surface area contributed by atoms with Crippen LogP contribution in [-0.4, -0.2) is 17.0 Å². The molecule has 0 unspecified atom stereocenters. The molecule has 0 spiro atoms. The van der Waals surface area contributed by atoms with Gasteiger partial charge in [0.05, 0.1) is 12.5 Å². The summed E-state index contributed by atoms with van der Waals surface area (Å²) in [6.45, 7) is 0.658. The van der Waals surface area contributed by atoms with E-state index in [2.05, 4.69) is 20.6 Å². The predicted octanol–water partition coefficient (Wildman–Crippen LogP) is 3.39. The van der Waals surface area contributed by atoms with Gasteiger partial charge in [-0.05, 0) is 6.07 Å². The smallest absolute Gasteiger partial charge is 0.163 e. The normalized spacial score (nSPS) is 10.3. The third kappa shape index (κ3) is 3.20. The summed E-state index contributed by atoms with van der Waals surface area (Å²) in [5.74, 6) is 2.24. The van der Waals surface area contributed by atoms with Gasteiger partial charge in [0.25, 0.3) is 0 Å². The van der Waals surface area contributed by atoms with Crippen molar-refractivity contribution in [3.63, 3.8) is 0 Å². The van der Waals surface area contributed by atoms with Crippen molar-refractivity contribution in [3.05, 3.63) is 60.6 Å². The van der Waals surface area contributed by atoms with Gasteiger partial charge in [0.1, 0.15) is 11.6 Å². The van der Waals surface area contributed by atoms with Crippen molar-refractivity contribution >= 4 is 11.6 Å². The van der Waals surface area contributed by atoms with E-state index in [0.717, 1.165) is 22.8 Å². The number of nitrogens with one attached hydrogen (secondary N) is 2. The van der Waals surface area contributed by atoms with Crippen LogP contribution in [-0.2, 0) is 6.54 Å². The molecule has 2 N–H and O–H groups in total. The van der Waals surface area contributed by atoms with Gasteiger partial charge < -0.3 is 15.1 Å². The van der Waals surface area contributed by atoms with Gasteiger partial charge in [-0.1, -0.05) is 30.3 Å². The van der Waals surface area contributed by atoms with Crippen LogP contribution in [0.15, 0.2) is 59.4 Å². The first-order valence-corrected chi connectivity index (χ1v) is 6.72. The number of hydrogen-bond donors (Lipinski definition) is 2. The van der Waals surface area contributed by atoms with Crippen LogP contribution in [0, 0.1) is 0 Å². The van der Waals surface area contributed by atoms with Gasteiger partial charge in [-0.3, -0.25) is 0 Å². The summed E-state index contributed by atoms with van der Waals surface area (Å²) >= 11 is 0. The highest BCUT2D eigenvalue weighted by molar-refractivity contribution is 5.61. The summed E-state index contributed by atoms with van der Waals surface area (Å²) in [6, 6.07) is 13.7. The number of benzene rings is 1. The van der Waals surface area contributed by atoms with Crippen molar-refractivity contribution in [2.24, 2.45) is 0 Å². The molecule has 3 rings (SSSR count). The molecule has 21 heavy (non-hydrogen) atoms. The van der Waals surface area contributed by atoms with Crippen molar-refractivity contribution < 1.29 is 4.42 Å². The average molecular weight is 280 g/mol. The van der Waals surface area contributed by atoms with E-state index in [1.165, 1.54) is 0 Å². The van der Waals surface area contributed by atoms with Gasteiger partial charge in [0, 0.05) is 30.8 Å². The van der Waals surface area contributed by atoms with Gasteiger partial charge in [-0.25, -0.2) is 9.97 Å². The van der Waals surface area contributed by atoms with Gasteiger partial charge in [0.15, 0.2) is 5.82 Å². The molecule has 0 saturated heterocycles. The lowest BCUT2D eigenvalue weighted by atomic mass is 10.2. The minimum atomic E-state index is 0.658. The largest absolute Gasteiger partial charge is 0.472 e. The standard InChI is InChI=1S/C16H16N4O/c1-17-14-9-15(18-10-12-7-8-21-11-12)20-16(19-14)13-5-3-2-4-6-13/h2-9,11H,10H2,1H3,(H2,17,18,19,20). The molecule has 0 aliphatic carbocycles. The van der Waals surface area contributed by atoms with Gasteiger partial charge >= 0.3 is 0 Å². The van der Waals surface area contributed by atoms with Crippen LogP contribution in [0.5, 0.6) is 0 Å². The Hall–Kier alpha value is -2.82. The molecule has 0 atom stereocenters. The van der Waals surface area contributed by atoms with Crippen LogP contribution in [0.3, 0.4) is 0 Å². The molecule has 0 radical (unpaired) electrons. The molecule has 0 amide bonds. The van der Waals surface area contributed by atoms with Crippen LogP contribution >= 0.6 is 0 Å². The minimum absolute atomic E-state index is 0.658. The lowest BCUT2D eigenvalue weighted by Crippen LogP contribution is -2.04. The first-order valence-electron chi connectivity index (χ1n) is 6.72. The topological polar surface area (TPSA) is 63.0 Å². The molecule has 5 nitrogen and oxygen atoms in total. The summed E-state index contributed by atoms with van der Waals surface area (Å²) in [5, 5.41) is 6.34. The number of anilines is 2. The van der Waals surface area contributed by atoms with E-state index < -0.39 is 0 Å². The summed E-state index contributed by atoms with van der Waals surface area (Å²) < 4.78 is 5.06. The summed E-state index contributed by atoms with van der Waals surface area (Å²) in [4.78, 5) is 9.04. The Morgan fingerprint density at radius 1 is 1.05 bits per heavy atom. The van der Waals surface area contributed by atoms with Crippen LogP contribution in [0.25, 0.3) is 11.4 Å². The van der Waals surface area contributed by atoms with E-state index in [1.54, 1.807) is 12.5 Å². The first-order chi connectivity index (χ1) is 10.3. The highest BCUT2D eigenvalue weighted by Crippen LogP contribution is 2.20. The Morgan fingerprint density at radius 3 is 2.57 bits per heavy atom. The van der Waals surface area contributed by atoms with Crippen LogP contribution in [0.1, 0.15) is 5.56 Å². The molecular formula is C16H16N4O. The molecule has 0 aliphatic rings. The van der Waals surface area contributed by atoms with Crippen molar-refractivity contribution in [2.75, 3.05) is 17.7 Å². The maximum Gasteiger partial charge on any atom is 0.163 e. The molecule has 0 aliphatic heterocycles. The molecule has 2 heterocycles. The molecule has 0 saturated carbocycles. The van der Waals surface area contributed by atoms with Crippen LogP contribution in [0.4, 0.5) is 11.6 Å². The van der Waals surface area contributed by atoms with Crippen molar-refractivity contribution in [1.29, 1.82) is 0 Å². The molecule has 3 aromatic rings. The second-order valence-corrected chi connectivity index (χ2v) is 4.56. The zero-order valence-electron chi connectivity index (χ0n) is 11.7. The van der Waals surface area contributed by atoms with Crippen LogP contribution < -0.4 is 10.6 Å². The summed E-state index contributed by atoms with van der Waals surface area (Å²) in [7, 11) is 1.84. The molecule has 1 aromatic carbocycles. The quantitative estimate of drug-likeness (QED) is 0.750. The first kappa shape index (κ1) is 13.2. The zero-order chi connectivity index (χ0) is 14.5. The lowest BCUT2D eigenvalue weighted by molar-refractivity contribution is 0.564. The number of furan rings is 1. The van der Waals surface area contributed by atoms with E-state index >= 15 is 0 Å². The van der Waals surface area contributed by atoms with Crippen molar-refractivity contribution in [2.45, 2.75) is 6.54 Å². The van der Waals surface area contributed by atoms with E-state index in [4.69, 9.17) is 4.42 Å². The minimum Gasteiger partial charge on any atom is -0.472 e. The van der Waals surface area contributed by atoms with Crippen molar-refractivity contribution in [3.8, 4) is 11.4 Å². The van der Waals surface area contributed by atoms with Gasteiger partial charge in [-0.15, -0.1) is 0 Å². The fraction of sp³-hybridized carbons (Fsp3) is 0.125. The predicted molar refractivity (Wildman–Crippen MR) is 83.0 cm³/mol. The Bertz CT molecular complexity index is 696. The Kier molecular flexibility index (Phi) is 3.82. The van der Waals surface area contributed by atoms with E-state index in [1.807, 2.05) is 49.5 Å². The summed E-state index contributed by atoms with van der Waals surface area (Å²) in [6.07, 6.45) is 3.37. The van der Waals surface area contributed by atoms with Crippen molar-refractivity contribution in [1.82, 2.24) is 9.97 Å². The lowest BCUT2D eigenvalue weighted by Gasteiger charge is -2.09.